The van der Waals surface area contributed by atoms with Crippen LogP contribution in [0.25, 0.3) is 10.9 Å². The Hall–Kier alpha value is -4.04. The summed E-state index contributed by atoms with van der Waals surface area (Å²) in [5.41, 5.74) is 3.32. The fourth-order valence-corrected chi connectivity index (χ4v) is 5.16. The molecule has 8 heteroatoms. The molecule has 1 fully saturated rings. The van der Waals surface area contributed by atoms with Crippen molar-refractivity contribution in [3.05, 3.63) is 83.8 Å². The average Bonchev–Trinajstić information content (AvgIpc) is 3.38. The van der Waals surface area contributed by atoms with Crippen molar-refractivity contribution in [3.8, 4) is 11.5 Å². The molecule has 3 heterocycles. The summed E-state index contributed by atoms with van der Waals surface area (Å²) >= 11 is 0. The van der Waals surface area contributed by atoms with Gasteiger partial charge < -0.3 is 14.4 Å². The van der Waals surface area contributed by atoms with Crippen LogP contribution < -0.4 is 4.74 Å². The summed E-state index contributed by atoms with van der Waals surface area (Å²) in [5.74, 6) is 2.02. The molecule has 0 radical (unpaired) electrons. The molecule has 0 atom stereocenters. The summed E-state index contributed by atoms with van der Waals surface area (Å²) in [7, 11) is 1.65. The van der Waals surface area contributed by atoms with Gasteiger partial charge >= 0.3 is 0 Å². The molecule has 0 N–H and O–H groups in total. The zero-order valence-electron chi connectivity index (χ0n) is 22.5. The third kappa shape index (κ3) is 6.34. The largest absolute Gasteiger partial charge is 0.457 e. The lowest BCUT2D eigenvalue weighted by molar-refractivity contribution is 0.0681. The minimum absolute atomic E-state index is 0.0482. The Balaban J connectivity index is 1.15. The summed E-state index contributed by atoms with van der Waals surface area (Å²) in [6.07, 6.45) is 8.47. The van der Waals surface area contributed by atoms with Crippen molar-refractivity contribution in [2.45, 2.75) is 39.2 Å². The minimum atomic E-state index is 0.0482. The number of hydrogen-bond donors (Lipinski definition) is 0. The van der Waals surface area contributed by atoms with Gasteiger partial charge in [0.1, 0.15) is 11.5 Å². The highest BCUT2D eigenvalue weighted by Gasteiger charge is 2.24. The predicted octanol–water partition coefficient (Wildman–Crippen LogP) is 5.69. The third-order valence-electron chi connectivity index (χ3n) is 7.39. The Morgan fingerprint density at radius 1 is 0.974 bits per heavy atom. The standard InChI is InChI=1S/C31H34N4O4/c1-22-27(30(36)4-3-19-38-2)9-10-29-28(22)21-35(33-29)20-23-13-17-34(18-14-23)31(37)24-5-7-25(8-6-24)39-26-11-15-32-16-12-26/h5-12,15-16,21,23H,3-4,13-14,17-20H2,1-2H3. The van der Waals surface area contributed by atoms with E-state index < -0.39 is 0 Å². The number of carbonyl (C=O) groups excluding carboxylic acids is 2. The summed E-state index contributed by atoms with van der Waals surface area (Å²) in [6, 6.07) is 14.7. The van der Waals surface area contributed by atoms with Gasteiger partial charge in [0.2, 0.25) is 0 Å². The number of aryl methyl sites for hydroxylation is 1. The number of nitrogens with zero attached hydrogens (tertiary/aromatic N) is 4. The number of hydrogen-bond acceptors (Lipinski definition) is 6. The average molecular weight is 527 g/mol. The number of likely N-dealkylation sites (tertiary alicyclic amines) is 1. The van der Waals surface area contributed by atoms with E-state index in [0.29, 0.717) is 36.0 Å². The van der Waals surface area contributed by atoms with Crippen molar-refractivity contribution in [3.63, 3.8) is 0 Å². The summed E-state index contributed by atoms with van der Waals surface area (Å²) < 4.78 is 12.9. The van der Waals surface area contributed by atoms with Crippen LogP contribution in [0.1, 0.15) is 52.0 Å². The van der Waals surface area contributed by atoms with E-state index in [1.807, 2.05) is 52.9 Å². The molecule has 2 aromatic carbocycles. The van der Waals surface area contributed by atoms with E-state index in [0.717, 1.165) is 60.9 Å². The van der Waals surface area contributed by atoms with E-state index in [1.165, 1.54) is 0 Å². The molecule has 0 unspecified atom stereocenters. The first-order valence-corrected chi connectivity index (χ1v) is 13.5. The summed E-state index contributed by atoms with van der Waals surface area (Å²) in [6.45, 7) is 4.83. The summed E-state index contributed by atoms with van der Waals surface area (Å²) in [4.78, 5) is 31.7. The monoisotopic (exact) mass is 526 g/mol. The Bertz CT molecular complexity index is 1420. The van der Waals surface area contributed by atoms with Crippen LogP contribution in [0.3, 0.4) is 0 Å². The van der Waals surface area contributed by atoms with Crippen LogP contribution in [-0.4, -0.2) is 58.2 Å². The number of ether oxygens (including phenoxy) is 2. The van der Waals surface area contributed by atoms with Crippen LogP contribution in [0.5, 0.6) is 11.5 Å². The van der Waals surface area contributed by atoms with Crippen molar-refractivity contribution >= 4 is 22.6 Å². The first-order chi connectivity index (χ1) is 19.0. The van der Waals surface area contributed by atoms with Crippen LogP contribution in [-0.2, 0) is 11.3 Å². The van der Waals surface area contributed by atoms with Gasteiger partial charge in [-0.05, 0) is 86.2 Å². The fourth-order valence-electron chi connectivity index (χ4n) is 5.16. The van der Waals surface area contributed by atoms with E-state index in [4.69, 9.17) is 14.6 Å². The van der Waals surface area contributed by atoms with E-state index in [2.05, 4.69) is 11.2 Å². The van der Waals surface area contributed by atoms with Crippen molar-refractivity contribution in [2.75, 3.05) is 26.8 Å². The first kappa shape index (κ1) is 26.6. The van der Waals surface area contributed by atoms with Gasteiger partial charge in [0.25, 0.3) is 5.91 Å². The molecular weight excluding hydrogens is 492 g/mol. The van der Waals surface area contributed by atoms with Gasteiger partial charge in [-0.1, -0.05) is 0 Å². The number of aromatic nitrogens is 3. The highest BCUT2D eigenvalue weighted by Crippen LogP contribution is 2.26. The molecule has 1 saturated heterocycles. The van der Waals surface area contributed by atoms with Crippen LogP contribution in [0.4, 0.5) is 0 Å². The Morgan fingerprint density at radius 2 is 1.69 bits per heavy atom. The number of piperidine rings is 1. The second-order valence-electron chi connectivity index (χ2n) is 10.1. The number of carbonyl (C=O) groups is 2. The number of Topliss-reactive ketones (excluding diaryl/α,β-unsaturated/α-hetero) is 1. The lowest BCUT2D eigenvalue weighted by atomic mass is 9.96. The Morgan fingerprint density at radius 3 is 2.41 bits per heavy atom. The van der Waals surface area contributed by atoms with Gasteiger partial charge in [0.05, 0.1) is 5.52 Å². The lowest BCUT2D eigenvalue weighted by Gasteiger charge is -2.32. The van der Waals surface area contributed by atoms with Gasteiger partial charge in [-0.2, -0.15) is 5.10 Å². The van der Waals surface area contributed by atoms with Gasteiger partial charge in [-0.3, -0.25) is 19.3 Å². The molecular formula is C31H34N4O4. The lowest BCUT2D eigenvalue weighted by Crippen LogP contribution is -2.39. The smallest absolute Gasteiger partial charge is 0.253 e. The third-order valence-corrected chi connectivity index (χ3v) is 7.39. The SMILES string of the molecule is COCCCC(=O)c1ccc2nn(CC3CCN(C(=O)c4ccc(Oc5ccncc5)cc4)CC3)cc2c1C. The van der Waals surface area contributed by atoms with Crippen LogP contribution in [0, 0.1) is 12.8 Å². The Labute approximate surface area is 228 Å². The van der Waals surface area contributed by atoms with E-state index in [-0.39, 0.29) is 11.7 Å². The molecule has 0 bridgehead atoms. The number of benzene rings is 2. The molecule has 0 saturated carbocycles. The molecule has 1 aliphatic rings. The minimum Gasteiger partial charge on any atom is -0.457 e. The van der Waals surface area contributed by atoms with Gasteiger partial charge in [0.15, 0.2) is 5.78 Å². The normalized spacial score (nSPS) is 14.1. The molecule has 1 aliphatic heterocycles. The maximum atomic E-state index is 13.1. The fraction of sp³-hybridized carbons (Fsp3) is 0.355. The summed E-state index contributed by atoms with van der Waals surface area (Å²) in [5, 5.41) is 5.80. The number of pyridine rings is 1. The van der Waals surface area contributed by atoms with Crippen molar-refractivity contribution < 1.29 is 19.1 Å². The van der Waals surface area contributed by atoms with Crippen molar-refractivity contribution in [2.24, 2.45) is 5.92 Å². The van der Waals surface area contributed by atoms with E-state index in [1.54, 1.807) is 31.6 Å². The van der Waals surface area contributed by atoms with Crippen LogP contribution in [0.15, 0.2) is 67.1 Å². The second kappa shape index (κ2) is 12.2. The second-order valence-corrected chi connectivity index (χ2v) is 10.1. The molecule has 5 rings (SSSR count). The molecule has 4 aromatic rings. The topological polar surface area (TPSA) is 86.6 Å². The van der Waals surface area contributed by atoms with Gasteiger partial charge in [-0.25, -0.2) is 0 Å². The number of rotatable bonds is 10. The number of methoxy groups -OCH3 is 1. The quantitative estimate of drug-likeness (QED) is 0.195. The van der Waals surface area contributed by atoms with E-state index in [9.17, 15) is 9.59 Å². The maximum absolute atomic E-state index is 13.1. The maximum Gasteiger partial charge on any atom is 0.253 e. The zero-order chi connectivity index (χ0) is 27.2. The number of amides is 1. The van der Waals surface area contributed by atoms with Crippen LogP contribution in [0.2, 0.25) is 0 Å². The highest BCUT2D eigenvalue weighted by atomic mass is 16.5. The molecule has 8 nitrogen and oxygen atoms in total. The van der Waals surface area contributed by atoms with Gasteiger partial charge in [-0.15, -0.1) is 0 Å². The zero-order valence-corrected chi connectivity index (χ0v) is 22.5. The predicted molar refractivity (Wildman–Crippen MR) is 149 cm³/mol. The van der Waals surface area contributed by atoms with Gasteiger partial charge in [0, 0.05) is 74.9 Å². The first-order valence-electron chi connectivity index (χ1n) is 13.5. The van der Waals surface area contributed by atoms with E-state index >= 15 is 0 Å². The molecule has 39 heavy (non-hydrogen) atoms. The molecule has 0 spiro atoms. The van der Waals surface area contributed by atoms with Crippen molar-refractivity contribution in [1.82, 2.24) is 19.7 Å². The number of ketones is 1. The molecule has 1 amide bonds. The Kier molecular flexibility index (Phi) is 8.32. The molecule has 2 aromatic heterocycles. The highest BCUT2D eigenvalue weighted by molar-refractivity contribution is 6.01. The van der Waals surface area contributed by atoms with Crippen LogP contribution >= 0.6 is 0 Å². The molecule has 0 aliphatic carbocycles. The number of fused-ring (bicyclic) bond motifs is 1. The van der Waals surface area contributed by atoms with Crippen molar-refractivity contribution in [1.29, 1.82) is 0 Å². The molecule has 202 valence electrons.